The molecule has 0 radical (unpaired) electrons. The van der Waals surface area contributed by atoms with Crippen molar-refractivity contribution in [2.45, 2.75) is 17.9 Å². The predicted molar refractivity (Wildman–Crippen MR) is 37.9 cm³/mol. The Morgan fingerprint density at radius 2 is 2.44 bits per heavy atom. The van der Waals surface area contributed by atoms with Gasteiger partial charge in [-0.2, -0.15) is 0 Å². The smallest absolute Gasteiger partial charge is 0.0759 e. The molecule has 1 rings (SSSR count). The first-order valence-corrected chi connectivity index (χ1v) is 3.66. The van der Waals surface area contributed by atoms with Crippen molar-refractivity contribution in [1.29, 1.82) is 0 Å². The number of rotatable bonds is 1. The Hall–Kier alpha value is 0.210. The van der Waals surface area contributed by atoms with Gasteiger partial charge in [0.1, 0.15) is 0 Å². The van der Waals surface area contributed by atoms with E-state index < -0.39 is 0 Å². The lowest BCUT2D eigenvalue weighted by atomic mass is 10.1. The van der Waals surface area contributed by atoms with Gasteiger partial charge in [0.05, 0.1) is 11.5 Å². The van der Waals surface area contributed by atoms with Crippen LogP contribution >= 0.6 is 11.6 Å². The maximum Gasteiger partial charge on any atom is 0.0759 e. The third kappa shape index (κ3) is 1.81. The van der Waals surface area contributed by atoms with Crippen LogP contribution in [0, 0.1) is 0 Å². The van der Waals surface area contributed by atoms with E-state index in [1.54, 1.807) is 7.11 Å². The van der Waals surface area contributed by atoms with E-state index in [1.165, 1.54) is 0 Å². The predicted octanol–water partition coefficient (Wildman–Crippen LogP) is 0.602. The van der Waals surface area contributed by atoms with Crippen molar-refractivity contribution in [3.05, 3.63) is 0 Å². The Kier molecular flexibility index (Phi) is 2.76. The van der Waals surface area contributed by atoms with Crippen LogP contribution in [-0.4, -0.2) is 31.7 Å². The zero-order valence-corrected chi connectivity index (χ0v) is 6.32. The molecular weight excluding hydrogens is 138 g/mol. The van der Waals surface area contributed by atoms with Gasteiger partial charge in [0.25, 0.3) is 0 Å². The molecule has 3 heteroatoms. The topological polar surface area (TPSA) is 21.3 Å². The van der Waals surface area contributed by atoms with Crippen LogP contribution in [0.1, 0.15) is 6.42 Å². The van der Waals surface area contributed by atoms with Crippen molar-refractivity contribution in [3.8, 4) is 0 Å². The van der Waals surface area contributed by atoms with Crippen LogP contribution in [0.5, 0.6) is 0 Å². The van der Waals surface area contributed by atoms with Gasteiger partial charge >= 0.3 is 0 Å². The molecule has 1 aliphatic heterocycles. The van der Waals surface area contributed by atoms with E-state index in [1.807, 2.05) is 0 Å². The second kappa shape index (κ2) is 3.40. The molecule has 0 saturated carbocycles. The average molecular weight is 150 g/mol. The minimum absolute atomic E-state index is 0.156. The summed E-state index contributed by atoms with van der Waals surface area (Å²) in [7, 11) is 1.71. The van der Waals surface area contributed by atoms with Crippen molar-refractivity contribution in [2.75, 3.05) is 20.2 Å². The molecule has 9 heavy (non-hydrogen) atoms. The molecule has 0 aromatic carbocycles. The van der Waals surface area contributed by atoms with Gasteiger partial charge in [-0.1, -0.05) is 0 Å². The average Bonchev–Trinajstić information content (AvgIpc) is 1.89. The molecule has 1 heterocycles. The minimum Gasteiger partial charge on any atom is -0.380 e. The van der Waals surface area contributed by atoms with Crippen molar-refractivity contribution in [2.24, 2.45) is 0 Å². The number of ether oxygens (including phenoxy) is 1. The summed E-state index contributed by atoms with van der Waals surface area (Å²) in [5.41, 5.74) is 0. The third-order valence-corrected chi connectivity index (χ3v) is 2.09. The summed E-state index contributed by atoms with van der Waals surface area (Å²) in [6, 6.07) is 0. The van der Waals surface area contributed by atoms with E-state index in [0.717, 1.165) is 19.5 Å². The number of methoxy groups -OCH3 is 1. The number of halogens is 1. The molecule has 0 aromatic rings. The summed E-state index contributed by atoms with van der Waals surface area (Å²) < 4.78 is 5.13. The third-order valence-electron chi connectivity index (χ3n) is 1.65. The summed E-state index contributed by atoms with van der Waals surface area (Å²) in [5.74, 6) is 0. The molecule has 0 unspecified atom stereocenters. The van der Waals surface area contributed by atoms with Gasteiger partial charge < -0.3 is 10.1 Å². The van der Waals surface area contributed by atoms with Gasteiger partial charge in [0.15, 0.2) is 0 Å². The highest BCUT2D eigenvalue weighted by Gasteiger charge is 2.21. The van der Waals surface area contributed by atoms with Gasteiger partial charge in [-0.05, 0) is 13.0 Å². The van der Waals surface area contributed by atoms with Crippen LogP contribution in [-0.2, 0) is 4.74 Å². The van der Waals surface area contributed by atoms with Gasteiger partial charge in [-0.25, -0.2) is 0 Å². The highest BCUT2D eigenvalue weighted by molar-refractivity contribution is 6.21. The zero-order chi connectivity index (χ0) is 6.69. The van der Waals surface area contributed by atoms with Crippen LogP contribution in [0.25, 0.3) is 0 Å². The maximum absolute atomic E-state index is 5.90. The van der Waals surface area contributed by atoms with Crippen LogP contribution in [0.2, 0.25) is 0 Å². The van der Waals surface area contributed by atoms with E-state index in [0.29, 0.717) is 0 Å². The molecule has 2 atom stereocenters. The number of piperidine rings is 1. The zero-order valence-electron chi connectivity index (χ0n) is 5.56. The van der Waals surface area contributed by atoms with Crippen molar-refractivity contribution >= 4 is 11.6 Å². The van der Waals surface area contributed by atoms with E-state index in [4.69, 9.17) is 16.3 Å². The first kappa shape index (κ1) is 7.32. The van der Waals surface area contributed by atoms with Crippen molar-refractivity contribution < 1.29 is 4.74 Å². The fourth-order valence-corrected chi connectivity index (χ4v) is 1.40. The molecule has 0 spiro atoms. The fourth-order valence-electron chi connectivity index (χ4n) is 1.06. The lowest BCUT2D eigenvalue weighted by Gasteiger charge is -2.26. The first-order chi connectivity index (χ1) is 4.34. The molecule has 1 fully saturated rings. The molecule has 0 aliphatic carbocycles. The highest BCUT2D eigenvalue weighted by atomic mass is 35.5. The Morgan fingerprint density at radius 3 is 2.89 bits per heavy atom. The van der Waals surface area contributed by atoms with Crippen LogP contribution < -0.4 is 5.32 Å². The number of alkyl halides is 1. The summed E-state index contributed by atoms with van der Waals surface area (Å²) in [6.45, 7) is 1.90. The summed E-state index contributed by atoms with van der Waals surface area (Å²) in [4.78, 5) is 0. The molecule has 0 aromatic heterocycles. The fraction of sp³-hybridized carbons (Fsp3) is 1.00. The molecule has 1 aliphatic rings. The van der Waals surface area contributed by atoms with Gasteiger partial charge in [-0.3, -0.25) is 0 Å². The maximum atomic E-state index is 5.90. The van der Waals surface area contributed by atoms with Crippen LogP contribution in [0.4, 0.5) is 0 Å². The molecule has 0 amide bonds. The second-order valence-corrected chi connectivity index (χ2v) is 2.84. The Balaban J connectivity index is 2.30. The molecule has 54 valence electrons. The summed E-state index contributed by atoms with van der Waals surface area (Å²) >= 11 is 5.90. The lowest BCUT2D eigenvalue weighted by Crippen LogP contribution is -2.41. The van der Waals surface area contributed by atoms with Crippen molar-refractivity contribution in [3.63, 3.8) is 0 Å². The van der Waals surface area contributed by atoms with Crippen LogP contribution in [0.3, 0.4) is 0 Å². The first-order valence-electron chi connectivity index (χ1n) is 3.22. The molecule has 1 N–H and O–H groups in total. The Morgan fingerprint density at radius 1 is 1.67 bits per heavy atom. The van der Waals surface area contributed by atoms with E-state index in [-0.39, 0.29) is 11.5 Å². The molecular formula is C6H12ClNO. The summed E-state index contributed by atoms with van der Waals surface area (Å²) in [5, 5.41) is 3.34. The van der Waals surface area contributed by atoms with E-state index in [9.17, 15) is 0 Å². The molecule has 1 saturated heterocycles. The van der Waals surface area contributed by atoms with Gasteiger partial charge in [0.2, 0.25) is 0 Å². The van der Waals surface area contributed by atoms with E-state index >= 15 is 0 Å². The number of hydrogen-bond donors (Lipinski definition) is 1. The summed E-state index contributed by atoms with van der Waals surface area (Å²) in [6.07, 6.45) is 1.29. The van der Waals surface area contributed by atoms with Crippen molar-refractivity contribution in [1.82, 2.24) is 5.32 Å². The van der Waals surface area contributed by atoms with Gasteiger partial charge in [-0.15, -0.1) is 11.6 Å². The minimum atomic E-state index is 0.156. The van der Waals surface area contributed by atoms with E-state index in [2.05, 4.69) is 5.32 Å². The highest BCUT2D eigenvalue weighted by Crippen LogP contribution is 2.12. The van der Waals surface area contributed by atoms with Crippen LogP contribution in [0.15, 0.2) is 0 Å². The number of nitrogens with one attached hydrogen (secondary N) is 1. The monoisotopic (exact) mass is 149 g/mol. The SMILES string of the molecule is CO[C@H]1CCNC[C@H]1Cl. The lowest BCUT2D eigenvalue weighted by molar-refractivity contribution is 0.0798. The molecule has 0 bridgehead atoms. The largest absolute Gasteiger partial charge is 0.380 e. The normalized spacial score (nSPS) is 36.7. The number of hydrogen-bond acceptors (Lipinski definition) is 2. The second-order valence-electron chi connectivity index (χ2n) is 2.28. The Bertz CT molecular complexity index is 89.1. The standard InChI is InChI=1S/C6H12ClNO/c1-9-6-2-3-8-4-5(6)7/h5-6,8H,2-4H2,1H3/t5-,6+/m1/s1. The quantitative estimate of drug-likeness (QED) is 0.552. The molecule has 2 nitrogen and oxygen atoms in total. The van der Waals surface area contributed by atoms with Gasteiger partial charge in [0, 0.05) is 13.7 Å². The Labute approximate surface area is 60.5 Å².